The molecule has 304 valence electrons. The normalized spacial score (nSPS) is 17.9. The van der Waals surface area contributed by atoms with E-state index in [2.05, 4.69) is 63.8 Å². The largest absolute Gasteiger partial charge is 0.513 e. The monoisotopic (exact) mass is 789 g/mol. The summed E-state index contributed by atoms with van der Waals surface area (Å²) in [5, 5.41) is 6.26. The molecule has 14 nitrogen and oxygen atoms in total. The van der Waals surface area contributed by atoms with Crippen LogP contribution in [0.15, 0.2) is 73.1 Å². The molecule has 58 heavy (non-hydrogen) atoms. The number of H-pyrrole nitrogens is 2. The number of methoxy groups -OCH3 is 2. The van der Waals surface area contributed by atoms with Crippen LogP contribution in [-0.4, -0.2) is 93.1 Å². The third-order valence-electron chi connectivity index (χ3n) is 11.5. The number of imidazole rings is 2. The second-order valence-electron chi connectivity index (χ2n) is 15.8. The Labute approximate surface area is 338 Å². The number of fused-ring (bicyclic) bond motifs is 1. The first-order valence-electron chi connectivity index (χ1n) is 20.1. The number of carbonyl (C=O) groups excluding carboxylic acids is 4. The summed E-state index contributed by atoms with van der Waals surface area (Å²) < 4.78 is 9.61. The lowest BCUT2D eigenvalue weighted by atomic mass is 9.93. The first-order chi connectivity index (χ1) is 28.0. The average Bonchev–Trinajstić information content (AvgIpc) is 4.08. The van der Waals surface area contributed by atoms with E-state index in [0.29, 0.717) is 13.1 Å². The highest BCUT2D eigenvalue weighted by atomic mass is 16.5. The summed E-state index contributed by atoms with van der Waals surface area (Å²) >= 11 is 0. The first kappa shape index (κ1) is 40.2. The SMILES string of the molecule is COC(=O)N[C@H](C(=O)N1CCC[C@H]1c1ncc(-c2ccc(-c3ccc(-c4cnc([C@@H]5CCCN5C(=O)[C@@H]([NH2+]C(=O)OC)C(C)C)[nH]4)cc3)c3ccccc23)[nH]1)C(C)C. The molecule has 0 aliphatic carbocycles. The number of alkyl carbamates (subject to hydrolysis) is 1. The fourth-order valence-corrected chi connectivity index (χ4v) is 8.37. The van der Waals surface area contributed by atoms with Crippen molar-refractivity contribution in [3.8, 4) is 33.6 Å². The molecule has 5 N–H and O–H groups in total. The summed E-state index contributed by atoms with van der Waals surface area (Å²) in [7, 11) is 2.61. The molecule has 4 atom stereocenters. The van der Waals surface area contributed by atoms with E-state index in [0.717, 1.165) is 81.7 Å². The second kappa shape index (κ2) is 17.2. The lowest BCUT2D eigenvalue weighted by Gasteiger charge is -2.30. The molecule has 2 fully saturated rings. The van der Waals surface area contributed by atoms with Crippen LogP contribution in [0.25, 0.3) is 44.4 Å². The zero-order valence-corrected chi connectivity index (χ0v) is 34.0. The van der Waals surface area contributed by atoms with E-state index in [1.165, 1.54) is 19.5 Å². The van der Waals surface area contributed by atoms with Crippen molar-refractivity contribution in [3.05, 3.63) is 84.7 Å². The van der Waals surface area contributed by atoms with Crippen LogP contribution in [0, 0.1) is 11.8 Å². The molecule has 4 amide bonds. The summed E-state index contributed by atoms with van der Waals surface area (Å²) in [6, 6.07) is 19.2. The number of primary amides is 1. The van der Waals surface area contributed by atoms with Crippen LogP contribution in [0.3, 0.4) is 0 Å². The van der Waals surface area contributed by atoms with Crippen molar-refractivity contribution < 1.29 is 34.0 Å². The smallest absolute Gasteiger partial charge is 0.453 e. The summed E-state index contributed by atoms with van der Waals surface area (Å²) in [6.07, 6.45) is 5.78. The van der Waals surface area contributed by atoms with Crippen molar-refractivity contribution in [2.45, 2.75) is 77.5 Å². The van der Waals surface area contributed by atoms with Crippen LogP contribution in [0.5, 0.6) is 0 Å². The number of amides is 4. The minimum absolute atomic E-state index is 0.0559. The number of nitrogens with zero attached hydrogens (tertiary/aromatic N) is 4. The van der Waals surface area contributed by atoms with Crippen molar-refractivity contribution in [1.82, 2.24) is 35.1 Å². The molecule has 0 saturated carbocycles. The Hall–Kier alpha value is -6.02. The van der Waals surface area contributed by atoms with Gasteiger partial charge >= 0.3 is 12.2 Å². The fraction of sp³-hybridized carbons (Fsp3) is 0.409. The Morgan fingerprint density at radius 3 is 1.84 bits per heavy atom. The molecule has 7 rings (SSSR count). The quantitative estimate of drug-likeness (QED) is 0.120. The maximum atomic E-state index is 13.7. The van der Waals surface area contributed by atoms with Crippen molar-refractivity contribution in [3.63, 3.8) is 0 Å². The maximum Gasteiger partial charge on any atom is 0.513 e. The van der Waals surface area contributed by atoms with Crippen molar-refractivity contribution in [2.75, 3.05) is 27.3 Å². The number of hydrogen-bond donors (Lipinski definition) is 4. The molecule has 0 unspecified atom stereocenters. The van der Waals surface area contributed by atoms with Gasteiger partial charge in [-0.2, -0.15) is 4.79 Å². The van der Waals surface area contributed by atoms with Crippen LogP contribution >= 0.6 is 0 Å². The number of aromatic amines is 2. The van der Waals surface area contributed by atoms with Crippen molar-refractivity contribution in [2.24, 2.45) is 11.8 Å². The van der Waals surface area contributed by atoms with E-state index in [1.807, 2.05) is 62.0 Å². The fourth-order valence-electron chi connectivity index (χ4n) is 8.37. The number of nitrogens with one attached hydrogen (secondary N) is 3. The zero-order valence-electron chi connectivity index (χ0n) is 34.0. The van der Waals surface area contributed by atoms with Gasteiger partial charge in [0, 0.05) is 24.6 Å². The van der Waals surface area contributed by atoms with Gasteiger partial charge in [0.05, 0.1) is 50.1 Å². The minimum Gasteiger partial charge on any atom is -0.453 e. The number of nitrogens with two attached hydrogens (primary N) is 1. The summed E-state index contributed by atoms with van der Waals surface area (Å²) in [5.74, 6) is 1.05. The number of aromatic nitrogens is 4. The predicted octanol–water partition coefficient (Wildman–Crippen LogP) is 6.35. The second-order valence-corrected chi connectivity index (χ2v) is 15.8. The van der Waals surface area contributed by atoms with Crippen LogP contribution in [0.2, 0.25) is 0 Å². The number of quaternary nitrogens is 1. The molecule has 2 saturated heterocycles. The van der Waals surface area contributed by atoms with Gasteiger partial charge in [-0.25, -0.2) is 20.1 Å². The highest BCUT2D eigenvalue weighted by Crippen LogP contribution is 2.38. The Morgan fingerprint density at radius 2 is 1.26 bits per heavy atom. The van der Waals surface area contributed by atoms with Gasteiger partial charge in [0.1, 0.15) is 17.7 Å². The number of hydrogen-bond acceptors (Lipinski definition) is 8. The molecule has 2 aliphatic rings. The lowest BCUT2D eigenvalue weighted by Crippen LogP contribution is -2.96. The van der Waals surface area contributed by atoms with Crippen molar-refractivity contribution in [1.29, 1.82) is 0 Å². The van der Waals surface area contributed by atoms with E-state index < -0.39 is 24.3 Å². The third-order valence-corrected chi connectivity index (χ3v) is 11.5. The minimum atomic E-state index is -0.701. The van der Waals surface area contributed by atoms with E-state index in [-0.39, 0.29) is 35.7 Å². The highest BCUT2D eigenvalue weighted by Gasteiger charge is 2.40. The molecule has 3 aromatic carbocycles. The maximum absolute atomic E-state index is 13.7. The molecule has 4 heterocycles. The number of likely N-dealkylation sites (tertiary alicyclic amines) is 2. The third kappa shape index (κ3) is 8.06. The molecule has 0 bridgehead atoms. The average molecular weight is 790 g/mol. The van der Waals surface area contributed by atoms with Gasteiger partial charge in [-0.3, -0.25) is 9.59 Å². The predicted molar refractivity (Wildman–Crippen MR) is 219 cm³/mol. The van der Waals surface area contributed by atoms with Crippen LogP contribution < -0.4 is 10.6 Å². The number of benzene rings is 3. The van der Waals surface area contributed by atoms with Gasteiger partial charge in [-0.1, -0.05) is 88.4 Å². The molecule has 2 aliphatic heterocycles. The Morgan fingerprint density at radius 1 is 0.707 bits per heavy atom. The number of ether oxygens (including phenoxy) is 2. The van der Waals surface area contributed by atoms with Gasteiger partial charge in [0.15, 0.2) is 6.04 Å². The van der Waals surface area contributed by atoms with Crippen molar-refractivity contribution >= 4 is 34.8 Å². The molecule has 0 spiro atoms. The van der Waals surface area contributed by atoms with Crippen LogP contribution in [0.1, 0.15) is 77.1 Å². The lowest BCUT2D eigenvalue weighted by molar-refractivity contribution is -0.601. The molecule has 14 heteroatoms. The Bertz CT molecular complexity index is 2280. The molecular weight excluding hydrogens is 737 g/mol. The van der Waals surface area contributed by atoms with E-state index >= 15 is 0 Å². The summed E-state index contributed by atoms with van der Waals surface area (Å²) in [5.41, 5.74) is 5.85. The van der Waals surface area contributed by atoms with Crippen LogP contribution in [0.4, 0.5) is 9.59 Å². The highest BCUT2D eigenvalue weighted by molar-refractivity contribution is 6.04. The summed E-state index contributed by atoms with van der Waals surface area (Å²) in [6.45, 7) is 8.87. The first-order valence-corrected chi connectivity index (χ1v) is 20.1. The van der Waals surface area contributed by atoms with Gasteiger partial charge in [0.25, 0.3) is 5.91 Å². The van der Waals surface area contributed by atoms with Gasteiger partial charge in [0.2, 0.25) is 5.91 Å². The molecule has 0 radical (unpaired) electrons. The molecule has 2 aromatic heterocycles. The van der Waals surface area contributed by atoms with Crippen LogP contribution in [-0.2, 0) is 19.1 Å². The number of rotatable bonds is 11. The Kier molecular flexibility index (Phi) is 11.9. The zero-order chi connectivity index (χ0) is 41.1. The molecular formula is C44H53N8O6+. The summed E-state index contributed by atoms with van der Waals surface area (Å²) in [4.78, 5) is 71.6. The number of carbonyl (C=O) groups is 4. The van der Waals surface area contributed by atoms with Gasteiger partial charge in [-0.15, -0.1) is 0 Å². The topological polar surface area (TPSA) is 179 Å². The van der Waals surface area contributed by atoms with E-state index in [4.69, 9.17) is 19.4 Å². The van der Waals surface area contributed by atoms with Gasteiger partial charge in [-0.05, 0) is 59.1 Å². The van der Waals surface area contributed by atoms with E-state index in [9.17, 15) is 19.2 Å². The standard InChI is InChI=1S/C44H52N8O6/c1-25(2)37(49-43(55)57-5)41(53)51-21-9-13-35(51)39-45-23-33(47-39)28-17-15-27(16-18-28)29-19-20-32(31-12-8-7-11-30(29)31)34-24-46-40(48-34)36-14-10-22-52(36)42(54)38(26(3)4)50-44(56)58-6/h7-8,11-12,15-20,23-26,35-38H,9-10,13-14,21-22H2,1-6H3,(H,45,47)(H,46,48)(H,49,55)(H,50,56)/p+1/t35-,36-,37-,38-/m0/s1. The molecule has 5 aromatic rings. The Balaban J connectivity index is 1.09. The van der Waals surface area contributed by atoms with Gasteiger partial charge < -0.3 is 34.6 Å². The van der Waals surface area contributed by atoms with E-state index in [1.54, 1.807) is 0 Å².